The minimum Gasteiger partial charge on any atom is -0.325 e. The maximum Gasteiger partial charge on any atom is 0.250 e. The van der Waals surface area contributed by atoms with Crippen LogP contribution in [-0.2, 0) is 14.8 Å². The molecule has 1 heterocycles. The number of hydrogen-bond donors (Lipinski definition) is 2. The van der Waals surface area contributed by atoms with Gasteiger partial charge in [0, 0.05) is 10.7 Å². The van der Waals surface area contributed by atoms with E-state index in [-0.39, 0.29) is 10.1 Å². The fourth-order valence-electron chi connectivity index (χ4n) is 1.92. The van der Waals surface area contributed by atoms with Gasteiger partial charge < -0.3 is 5.32 Å². The van der Waals surface area contributed by atoms with Gasteiger partial charge >= 0.3 is 0 Å². The fraction of sp³-hybridized carbons (Fsp3) is 0.267. The molecule has 8 heteroatoms. The van der Waals surface area contributed by atoms with Crippen molar-refractivity contribution in [1.82, 2.24) is 4.72 Å². The molecule has 0 radical (unpaired) electrons. The van der Waals surface area contributed by atoms with Gasteiger partial charge in [-0.05, 0) is 35.6 Å². The largest absolute Gasteiger partial charge is 0.325 e. The van der Waals surface area contributed by atoms with Crippen LogP contribution in [0.1, 0.15) is 13.8 Å². The first-order valence-electron chi connectivity index (χ1n) is 6.92. The van der Waals surface area contributed by atoms with Crippen molar-refractivity contribution in [3.05, 3.63) is 46.8 Å². The molecule has 1 aromatic heterocycles. The molecule has 1 unspecified atom stereocenters. The molecule has 1 aromatic carbocycles. The van der Waals surface area contributed by atoms with Gasteiger partial charge in [0.15, 0.2) is 0 Å². The van der Waals surface area contributed by atoms with Crippen molar-refractivity contribution in [2.75, 3.05) is 5.32 Å². The highest BCUT2D eigenvalue weighted by Gasteiger charge is 2.28. The predicted molar refractivity (Wildman–Crippen MR) is 93.3 cm³/mol. The number of thiophene rings is 1. The van der Waals surface area contributed by atoms with E-state index in [1.54, 1.807) is 49.6 Å². The lowest BCUT2D eigenvalue weighted by Crippen LogP contribution is -2.46. The molecule has 2 rings (SSSR count). The molecule has 124 valence electrons. The molecule has 0 fully saturated rings. The van der Waals surface area contributed by atoms with Crippen LogP contribution >= 0.6 is 22.9 Å². The summed E-state index contributed by atoms with van der Waals surface area (Å²) in [6.45, 7) is 3.55. The minimum absolute atomic E-state index is 0.179. The molecule has 0 aliphatic carbocycles. The van der Waals surface area contributed by atoms with Crippen molar-refractivity contribution >= 4 is 44.6 Å². The smallest absolute Gasteiger partial charge is 0.250 e. The summed E-state index contributed by atoms with van der Waals surface area (Å²) in [6, 6.07) is 8.95. The maximum atomic E-state index is 12.4. The lowest BCUT2D eigenvalue weighted by molar-refractivity contribution is -0.118. The molecule has 2 N–H and O–H groups in total. The predicted octanol–water partition coefficient (Wildman–Crippen LogP) is 3.34. The molecule has 0 bridgehead atoms. The van der Waals surface area contributed by atoms with E-state index in [0.29, 0.717) is 10.7 Å². The highest BCUT2D eigenvalue weighted by molar-refractivity contribution is 7.91. The molecular formula is C15H17ClN2O3S2. The second-order valence-corrected chi connectivity index (χ2v) is 8.60. The third-order valence-electron chi connectivity index (χ3n) is 3.08. The van der Waals surface area contributed by atoms with Gasteiger partial charge in [-0.2, -0.15) is 4.72 Å². The Kier molecular flexibility index (Phi) is 5.80. The van der Waals surface area contributed by atoms with Gasteiger partial charge in [-0.25, -0.2) is 8.42 Å². The van der Waals surface area contributed by atoms with Crippen molar-refractivity contribution in [1.29, 1.82) is 0 Å². The number of benzene rings is 1. The molecule has 23 heavy (non-hydrogen) atoms. The number of anilines is 1. The van der Waals surface area contributed by atoms with Crippen LogP contribution in [0, 0.1) is 5.92 Å². The standard InChI is InChI=1S/C15H17ClN2O3S2/c1-10(2)14(18-23(20,21)13-7-4-8-22-13)15(19)17-12-6-3-5-11(16)9-12/h3-10,14,18H,1-2H3,(H,17,19). The molecule has 0 spiro atoms. The number of carbonyl (C=O) groups excluding carboxylic acids is 1. The summed E-state index contributed by atoms with van der Waals surface area (Å²) in [6.07, 6.45) is 0. The highest BCUT2D eigenvalue weighted by atomic mass is 35.5. The quantitative estimate of drug-likeness (QED) is 0.816. The summed E-state index contributed by atoms with van der Waals surface area (Å²) in [5.74, 6) is -0.647. The summed E-state index contributed by atoms with van der Waals surface area (Å²) in [7, 11) is -3.73. The number of rotatable bonds is 6. The normalized spacial score (nSPS) is 13.0. The molecule has 5 nitrogen and oxygen atoms in total. The van der Waals surface area contributed by atoms with Crippen molar-refractivity contribution in [3.8, 4) is 0 Å². The summed E-state index contributed by atoms with van der Waals surface area (Å²) in [5.41, 5.74) is 0.517. The van der Waals surface area contributed by atoms with Crippen LogP contribution in [0.15, 0.2) is 46.0 Å². The zero-order valence-corrected chi connectivity index (χ0v) is 15.0. The van der Waals surface area contributed by atoms with Crippen LogP contribution in [0.25, 0.3) is 0 Å². The Balaban J connectivity index is 2.17. The number of sulfonamides is 1. The van der Waals surface area contributed by atoms with Crippen LogP contribution in [0.2, 0.25) is 5.02 Å². The van der Waals surface area contributed by atoms with Crippen molar-refractivity contribution < 1.29 is 13.2 Å². The van der Waals surface area contributed by atoms with E-state index in [0.717, 1.165) is 11.3 Å². The fourth-order valence-corrected chi connectivity index (χ4v) is 4.46. The molecule has 0 aliphatic rings. The van der Waals surface area contributed by atoms with Gasteiger partial charge in [-0.15, -0.1) is 11.3 Å². The number of amides is 1. The van der Waals surface area contributed by atoms with Gasteiger partial charge in [0.1, 0.15) is 10.3 Å². The van der Waals surface area contributed by atoms with Gasteiger partial charge in [0.2, 0.25) is 5.91 Å². The van der Waals surface area contributed by atoms with Gasteiger partial charge in [-0.1, -0.05) is 37.6 Å². The van der Waals surface area contributed by atoms with E-state index in [9.17, 15) is 13.2 Å². The monoisotopic (exact) mass is 372 g/mol. The molecule has 0 saturated carbocycles. The van der Waals surface area contributed by atoms with E-state index in [2.05, 4.69) is 10.0 Å². The Morgan fingerprint density at radius 1 is 1.22 bits per heavy atom. The van der Waals surface area contributed by atoms with Gasteiger partial charge in [0.05, 0.1) is 0 Å². The van der Waals surface area contributed by atoms with Crippen molar-refractivity contribution in [2.45, 2.75) is 24.1 Å². The zero-order valence-electron chi connectivity index (χ0n) is 12.6. The Labute approximate surface area is 144 Å². The van der Waals surface area contributed by atoms with E-state index in [1.165, 1.54) is 6.07 Å². The Bertz CT molecular complexity index is 774. The number of hydrogen-bond acceptors (Lipinski definition) is 4. The maximum absolute atomic E-state index is 12.4. The molecule has 1 atom stereocenters. The van der Waals surface area contributed by atoms with E-state index < -0.39 is 22.0 Å². The first-order valence-corrected chi connectivity index (χ1v) is 9.66. The Morgan fingerprint density at radius 2 is 1.96 bits per heavy atom. The minimum atomic E-state index is -3.73. The lowest BCUT2D eigenvalue weighted by atomic mass is 10.0. The summed E-state index contributed by atoms with van der Waals surface area (Å²) in [5, 5.41) is 4.85. The van der Waals surface area contributed by atoms with Crippen molar-refractivity contribution in [2.24, 2.45) is 5.92 Å². The molecule has 1 amide bonds. The number of halogens is 1. The number of nitrogens with one attached hydrogen (secondary N) is 2. The van der Waals surface area contributed by atoms with Crippen LogP contribution < -0.4 is 10.0 Å². The topological polar surface area (TPSA) is 75.3 Å². The third kappa shape index (κ3) is 4.78. The summed E-state index contributed by atoms with van der Waals surface area (Å²) in [4.78, 5) is 12.4. The van der Waals surface area contributed by atoms with E-state index in [4.69, 9.17) is 11.6 Å². The van der Waals surface area contributed by atoms with Crippen molar-refractivity contribution in [3.63, 3.8) is 0 Å². The summed E-state index contributed by atoms with van der Waals surface area (Å²) >= 11 is 6.98. The van der Waals surface area contributed by atoms with Crippen LogP contribution in [0.5, 0.6) is 0 Å². The average Bonchev–Trinajstić information content (AvgIpc) is 2.99. The lowest BCUT2D eigenvalue weighted by Gasteiger charge is -2.21. The van der Waals surface area contributed by atoms with Gasteiger partial charge in [0.25, 0.3) is 10.0 Å². The first kappa shape index (κ1) is 17.9. The highest BCUT2D eigenvalue weighted by Crippen LogP contribution is 2.19. The molecule has 2 aromatic rings. The Hall–Kier alpha value is -1.41. The second kappa shape index (κ2) is 7.44. The molecular weight excluding hydrogens is 356 g/mol. The second-order valence-electron chi connectivity index (χ2n) is 5.27. The molecule has 0 saturated heterocycles. The number of carbonyl (C=O) groups is 1. The van der Waals surface area contributed by atoms with Crippen LogP contribution in [0.4, 0.5) is 5.69 Å². The van der Waals surface area contributed by atoms with E-state index >= 15 is 0 Å². The van der Waals surface area contributed by atoms with Crippen LogP contribution in [-0.4, -0.2) is 20.4 Å². The average molecular weight is 373 g/mol. The first-order chi connectivity index (χ1) is 10.8. The SMILES string of the molecule is CC(C)C(NS(=O)(=O)c1cccs1)C(=O)Nc1cccc(Cl)c1. The summed E-state index contributed by atoms with van der Waals surface area (Å²) < 4.78 is 27.3. The zero-order chi connectivity index (χ0) is 17.0. The molecule has 0 aliphatic heterocycles. The Morgan fingerprint density at radius 3 is 2.52 bits per heavy atom. The van der Waals surface area contributed by atoms with Gasteiger partial charge in [-0.3, -0.25) is 4.79 Å². The van der Waals surface area contributed by atoms with E-state index in [1.807, 2.05) is 0 Å². The van der Waals surface area contributed by atoms with Crippen LogP contribution in [0.3, 0.4) is 0 Å². The third-order valence-corrected chi connectivity index (χ3v) is 6.16.